The van der Waals surface area contributed by atoms with Crippen LogP contribution in [0.15, 0.2) is 45.9 Å². The first-order valence-electron chi connectivity index (χ1n) is 9.64. The highest BCUT2D eigenvalue weighted by Crippen LogP contribution is 2.26. The molecule has 0 radical (unpaired) electrons. The Hall–Kier alpha value is -3.26. The highest BCUT2D eigenvalue weighted by Gasteiger charge is 2.22. The number of piperidine rings is 1. The fraction of sp³-hybridized carbons (Fsp3) is 0.333. The standard InChI is InChI=1S/C21H23N5O3/c1-13-11-17(14-7-9-22-10-8-14)29-21(28)18(13)20(27)24-16-5-3-15(4-6-16)19-25-23-12-26(19)2/h3-6,11-12,14,22H,7-10H2,1-2H3,(H,24,27). The highest BCUT2D eigenvalue weighted by molar-refractivity contribution is 6.05. The number of nitrogens with zero attached hydrogens (tertiary/aromatic N) is 3. The van der Waals surface area contributed by atoms with E-state index in [9.17, 15) is 9.59 Å². The van der Waals surface area contributed by atoms with Crippen LogP contribution in [-0.2, 0) is 7.05 Å². The molecule has 2 aromatic heterocycles. The van der Waals surface area contributed by atoms with Crippen LogP contribution >= 0.6 is 0 Å². The first kappa shape index (κ1) is 19.1. The lowest BCUT2D eigenvalue weighted by Crippen LogP contribution is -2.28. The molecule has 150 valence electrons. The summed E-state index contributed by atoms with van der Waals surface area (Å²) >= 11 is 0. The third-order valence-electron chi connectivity index (χ3n) is 5.25. The Morgan fingerprint density at radius 1 is 1.24 bits per heavy atom. The van der Waals surface area contributed by atoms with Crippen molar-refractivity contribution in [3.63, 3.8) is 0 Å². The van der Waals surface area contributed by atoms with Crippen LogP contribution in [0.2, 0.25) is 0 Å². The molecule has 0 unspecified atom stereocenters. The largest absolute Gasteiger partial charge is 0.427 e. The van der Waals surface area contributed by atoms with Gasteiger partial charge in [0.1, 0.15) is 17.7 Å². The van der Waals surface area contributed by atoms with Crippen molar-refractivity contribution in [1.29, 1.82) is 0 Å². The van der Waals surface area contributed by atoms with Gasteiger partial charge in [0, 0.05) is 24.2 Å². The minimum atomic E-state index is -0.591. The zero-order chi connectivity index (χ0) is 20.4. The van der Waals surface area contributed by atoms with E-state index in [1.807, 2.05) is 29.8 Å². The van der Waals surface area contributed by atoms with Crippen LogP contribution in [0, 0.1) is 6.92 Å². The zero-order valence-electron chi connectivity index (χ0n) is 16.4. The molecule has 2 N–H and O–H groups in total. The van der Waals surface area contributed by atoms with Crippen molar-refractivity contribution in [2.75, 3.05) is 18.4 Å². The van der Waals surface area contributed by atoms with E-state index in [4.69, 9.17) is 4.42 Å². The fourth-order valence-corrected chi connectivity index (χ4v) is 3.65. The van der Waals surface area contributed by atoms with Crippen LogP contribution in [0.4, 0.5) is 5.69 Å². The van der Waals surface area contributed by atoms with E-state index >= 15 is 0 Å². The normalized spacial score (nSPS) is 14.7. The van der Waals surface area contributed by atoms with Gasteiger partial charge in [-0.1, -0.05) is 0 Å². The van der Waals surface area contributed by atoms with Crippen LogP contribution < -0.4 is 16.3 Å². The van der Waals surface area contributed by atoms with Crippen LogP contribution in [0.5, 0.6) is 0 Å². The average molecular weight is 393 g/mol. The summed E-state index contributed by atoms with van der Waals surface area (Å²) in [4.78, 5) is 25.2. The summed E-state index contributed by atoms with van der Waals surface area (Å²) in [6.07, 6.45) is 3.47. The quantitative estimate of drug-likeness (QED) is 0.706. The molecule has 0 saturated carbocycles. The molecule has 8 heteroatoms. The summed E-state index contributed by atoms with van der Waals surface area (Å²) in [6, 6.07) is 9.04. The van der Waals surface area contributed by atoms with Crippen molar-refractivity contribution >= 4 is 11.6 Å². The van der Waals surface area contributed by atoms with E-state index < -0.39 is 11.5 Å². The number of carbonyl (C=O) groups is 1. The molecule has 1 amide bonds. The summed E-state index contributed by atoms with van der Waals surface area (Å²) in [6.45, 7) is 3.58. The predicted molar refractivity (Wildman–Crippen MR) is 109 cm³/mol. The van der Waals surface area contributed by atoms with Crippen LogP contribution in [0.3, 0.4) is 0 Å². The second-order valence-electron chi connectivity index (χ2n) is 7.32. The lowest BCUT2D eigenvalue weighted by atomic mass is 9.94. The molecule has 3 heterocycles. The minimum Gasteiger partial charge on any atom is -0.427 e. The number of anilines is 1. The van der Waals surface area contributed by atoms with Gasteiger partial charge in [0.2, 0.25) is 0 Å². The molecule has 1 aromatic carbocycles. The lowest BCUT2D eigenvalue weighted by molar-refractivity contribution is 0.102. The van der Waals surface area contributed by atoms with Crippen LogP contribution in [0.1, 0.15) is 40.4 Å². The molecule has 1 aliphatic heterocycles. The highest BCUT2D eigenvalue weighted by atomic mass is 16.4. The van der Waals surface area contributed by atoms with E-state index in [0.29, 0.717) is 17.0 Å². The van der Waals surface area contributed by atoms with E-state index in [0.717, 1.165) is 37.3 Å². The van der Waals surface area contributed by atoms with Gasteiger partial charge in [-0.25, -0.2) is 4.79 Å². The number of rotatable bonds is 4. The second-order valence-corrected chi connectivity index (χ2v) is 7.32. The molecule has 4 rings (SSSR count). The Morgan fingerprint density at radius 3 is 2.59 bits per heavy atom. The zero-order valence-corrected chi connectivity index (χ0v) is 16.4. The smallest absolute Gasteiger partial charge is 0.349 e. The van der Waals surface area contributed by atoms with Gasteiger partial charge in [-0.15, -0.1) is 10.2 Å². The number of amides is 1. The maximum atomic E-state index is 12.7. The summed E-state index contributed by atoms with van der Waals surface area (Å²) in [7, 11) is 1.86. The third-order valence-corrected chi connectivity index (χ3v) is 5.25. The van der Waals surface area contributed by atoms with E-state index in [-0.39, 0.29) is 11.5 Å². The van der Waals surface area contributed by atoms with Gasteiger partial charge >= 0.3 is 5.63 Å². The predicted octanol–water partition coefficient (Wildman–Crippen LogP) is 2.46. The summed E-state index contributed by atoms with van der Waals surface area (Å²) < 4.78 is 7.32. The number of benzene rings is 1. The monoisotopic (exact) mass is 393 g/mol. The second kappa shape index (κ2) is 8.00. The first-order valence-corrected chi connectivity index (χ1v) is 9.64. The molecule has 1 saturated heterocycles. The van der Waals surface area contributed by atoms with Crippen molar-refractivity contribution < 1.29 is 9.21 Å². The number of nitrogens with one attached hydrogen (secondary N) is 2. The summed E-state index contributed by atoms with van der Waals surface area (Å²) in [5.74, 6) is 1.14. The topological polar surface area (TPSA) is 102 Å². The average Bonchev–Trinajstić information content (AvgIpc) is 3.14. The van der Waals surface area contributed by atoms with E-state index in [1.165, 1.54) is 0 Å². The molecule has 29 heavy (non-hydrogen) atoms. The SMILES string of the molecule is Cc1cc(C2CCNCC2)oc(=O)c1C(=O)Nc1ccc(-c2nncn2C)cc1. The lowest BCUT2D eigenvalue weighted by Gasteiger charge is -2.21. The Bertz CT molecular complexity index is 1080. The Kier molecular flexibility index (Phi) is 5.26. The molecular formula is C21H23N5O3. The Morgan fingerprint density at radius 2 is 1.97 bits per heavy atom. The van der Waals surface area contributed by atoms with Gasteiger partial charge in [0.25, 0.3) is 5.91 Å². The Labute approximate surface area is 168 Å². The fourth-order valence-electron chi connectivity index (χ4n) is 3.65. The number of hydrogen-bond acceptors (Lipinski definition) is 6. The van der Waals surface area contributed by atoms with Gasteiger partial charge in [-0.05, 0) is 68.8 Å². The number of aromatic nitrogens is 3. The van der Waals surface area contributed by atoms with Crippen molar-refractivity contribution in [3.05, 3.63) is 64.0 Å². The molecule has 0 spiro atoms. The summed E-state index contributed by atoms with van der Waals surface area (Å²) in [5, 5.41) is 14.0. The van der Waals surface area contributed by atoms with Gasteiger partial charge < -0.3 is 19.6 Å². The molecule has 0 atom stereocenters. The minimum absolute atomic E-state index is 0.0417. The summed E-state index contributed by atoms with van der Waals surface area (Å²) in [5.41, 5.74) is 1.54. The number of aryl methyl sites for hydroxylation is 2. The van der Waals surface area contributed by atoms with Gasteiger partial charge in [0.05, 0.1) is 0 Å². The molecule has 8 nitrogen and oxygen atoms in total. The molecule has 0 aliphatic carbocycles. The number of hydrogen-bond donors (Lipinski definition) is 2. The molecule has 1 fully saturated rings. The third kappa shape index (κ3) is 3.97. The first-order chi connectivity index (χ1) is 14.0. The van der Waals surface area contributed by atoms with Gasteiger partial charge in [-0.3, -0.25) is 4.79 Å². The van der Waals surface area contributed by atoms with Gasteiger partial charge in [-0.2, -0.15) is 0 Å². The Balaban J connectivity index is 1.52. The molecule has 0 bridgehead atoms. The maximum Gasteiger partial charge on any atom is 0.349 e. The van der Waals surface area contributed by atoms with Crippen LogP contribution in [-0.4, -0.2) is 33.8 Å². The van der Waals surface area contributed by atoms with Gasteiger partial charge in [0.15, 0.2) is 5.82 Å². The van der Waals surface area contributed by atoms with Crippen molar-refractivity contribution in [1.82, 2.24) is 20.1 Å². The van der Waals surface area contributed by atoms with Crippen LogP contribution in [0.25, 0.3) is 11.4 Å². The van der Waals surface area contributed by atoms with E-state index in [1.54, 1.807) is 25.4 Å². The van der Waals surface area contributed by atoms with Crippen molar-refractivity contribution in [2.24, 2.45) is 7.05 Å². The van der Waals surface area contributed by atoms with E-state index in [2.05, 4.69) is 20.8 Å². The van der Waals surface area contributed by atoms with Crippen molar-refractivity contribution in [2.45, 2.75) is 25.7 Å². The molecular weight excluding hydrogens is 370 g/mol. The molecule has 1 aliphatic rings. The van der Waals surface area contributed by atoms with Crippen molar-refractivity contribution in [3.8, 4) is 11.4 Å². The maximum absolute atomic E-state index is 12.7. The number of carbonyl (C=O) groups excluding carboxylic acids is 1. The molecule has 3 aromatic rings.